The summed E-state index contributed by atoms with van der Waals surface area (Å²) in [5, 5.41) is 11.7. The number of hydrogen-bond acceptors (Lipinski definition) is 3. The van der Waals surface area contributed by atoms with Gasteiger partial charge in [0.1, 0.15) is 6.04 Å². The number of carboxylic acid groups (broad SMARTS) is 1. The van der Waals surface area contributed by atoms with Crippen molar-refractivity contribution in [1.82, 2.24) is 5.32 Å². The van der Waals surface area contributed by atoms with Crippen molar-refractivity contribution in [2.45, 2.75) is 45.2 Å². The molecule has 0 saturated carbocycles. The molecule has 5 heteroatoms. The number of rotatable bonds is 6. The fourth-order valence-corrected chi connectivity index (χ4v) is 1.30. The van der Waals surface area contributed by atoms with E-state index in [-0.39, 0.29) is 6.42 Å². The Labute approximate surface area is 83.7 Å². The number of carboxylic acids is 1. The highest BCUT2D eigenvalue weighted by Gasteiger charge is 2.26. The predicted molar refractivity (Wildman–Crippen MR) is 52.7 cm³/mol. The first-order chi connectivity index (χ1) is 6.28. The molecular formula is C9H18N2O3. The molecule has 1 amide bonds. The van der Waals surface area contributed by atoms with E-state index in [1.54, 1.807) is 20.8 Å². The SMILES string of the molecule is CCC(NC(C)(C)CC(N)=O)C(=O)O. The molecule has 0 heterocycles. The van der Waals surface area contributed by atoms with Crippen molar-refractivity contribution in [3.8, 4) is 0 Å². The molecular weight excluding hydrogens is 184 g/mol. The Morgan fingerprint density at radius 1 is 1.50 bits per heavy atom. The van der Waals surface area contributed by atoms with Gasteiger partial charge in [-0.25, -0.2) is 0 Å². The lowest BCUT2D eigenvalue weighted by Crippen LogP contribution is -2.50. The average Bonchev–Trinajstić information content (AvgIpc) is 1.97. The lowest BCUT2D eigenvalue weighted by molar-refractivity contribution is -0.140. The summed E-state index contributed by atoms with van der Waals surface area (Å²) in [6, 6.07) is -0.635. The van der Waals surface area contributed by atoms with Gasteiger partial charge in [-0.05, 0) is 20.3 Å². The van der Waals surface area contributed by atoms with E-state index in [1.165, 1.54) is 0 Å². The van der Waals surface area contributed by atoms with Crippen molar-refractivity contribution in [3.05, 3.63) is 0 Å². The second-order valence-electron chi connectivity index (χ2n) is 3.97. The minimum Gasteiger partial charge on any atom is -0.480 e. The van der Waals surface area contributed by atoms with Gasteiger partial charge in [-0.1, -0.05) is 6.92 Å². The van der Waals surface area contributed by atoms with Crippen LogP contribution in [0.2, 0.25) is 0 Å². The molecule has 0 spiro atoms. The van der Waals surface area contributed by atoms with Gasteiger partial charge in [0, 0.05) is 12.0 Å². The van der Waals surface area contributed by atoms with Crippen LogP contribution in [-0.2, 0) is 9.59 Å². The van der Waals surface area contributed by atoms with Gasteiger partial charge in [0.25, 0.3) is 0 Å². The maximum Gasteiger partial charge on any atom is 0.320 e. The Hall–Kier alpha value is -1.10. The van der Waals surface area contributed by atoms with Crippen molar-refractivity contribution in [2.24, 2.45) is 5.73 Å². The standard InChI is InChI=1S/C9H18N2O3/c1-4-6(8(13)14)11-9(2,3)5-7(10)12/h6,11H,4-5H2,1-3H3,(H2,10,12)(H,13,14). The summed E-state index contributed by atoms with van der Waals surface area (Å²) < 4.78 is 0. The van der Waals surface area contributed by atoms with Gasteiger partial charge in [0.15, 0.2) is 0 Å². The van der Waals surface area contributed by atoms with Crippen LogP contribution < -0.4 is 11.1 Å². The third-order valence-electron chi connectivity index (χ3n) is 1.89. The van der Waals surface area contributed by atoms with Crippen LogP contribution in [0.3, 0.4) is 0 Å². The molecule has 4 N–H and O–H groups in total. The molecule has 0 saturated heterocycles. The quantitative estimate of drug-likeness (QED) is 0.569. The summed E-state index contributed by atoms with van der Waals surface area (Å²) in [5.41, 5.74) is 4.47. The fourth-order valence-electron chi connectivity index (χ4n) is 1.30. The average molecular weight is 202 g/mol. The van der Waals surface area contributed by atoms with E-state index >= 15 is 0 Å². The number of amides is 1. The van der Waals surface area contributed by atoms with E-state index in [0.29, 0.717) is 6.42 Å². The van der Waals surface area contributed by atoms with Gasteiger partial charge in [0.2, 0.25) is 5.91 Å². The maximum atomic E-state index is 10.7. The molecule has 0 radical (unpaired) electrons. The van der Waals surface area contributed by atoms with Gasteiger partial charge >= 0.3 is 5.97 Å². The molecule has 0 aliphatic carbocycles. The van der Waals surface area contributed by atoms with Gasteiger partial charge < -0.3 is 10.8 Å². The minimum absolute atomic E-state index is 0.122. The summed E-state index contributed by atoms with van der Waals surface area (Å²) in [4.78, 5) is 21.4. The number of aliphatic carboxylic acids is 1. The largest absolute Gasteiger partial charge is 0.480 e. The number of hydrogen-bond donors (Lipinski definition) is 3. The van der Waals surface area contributed by atoms with E-state index in [2.05, 4.69) is 5.32 Å². The Morgan fingerprint density at radius 2 is 2.00 bits per heavy atom. The first-order valence-electron chi connectivity index (χ1n) is 4.57. The van der Waals surface area contributed by atoms with Crippen molar-refractivity contribution in [2.75, 3.05) is 0 Å². The molecule has 0 rings (SSSR count). The van der Waals surface area contributed by atoms with Crippen LogP contribution in [0.4, 0.5) is 0 Å². The Bertz CT molecular complexity index is 226. The van der Waals surface area contributed by atoms with Crippen molar-refractivity contribution < 1.29 is 14.7 Å². The van der Waals surface area contributed by atoms with Crippen molar-refractivity contribution in [3.63, 3.8) is 0 Å². The van der Waals surface area contributed by atoms with Gasteiger partial charge in [-0.2, -0.15) is 0 Å². The third-order valence-corrected chi connectivity index (χ3v) is 1.89. The highest BCUT2D eigenvalue weighted by molar-refractivity contribution is 5.76. The molecule has 1 unspecified atom stereocenters. The monoisotopic (exact) mass is 202 g/mol. The topological polar surface area (TPSA) is 92.4 Å². The van der Waals surface area contributed by atoms with Crippen LogP contribution in [0, 0.1) is 0 Å². The first-order valence-corrected chi connectivity index (χ1v) is 4.57. The molecule has 0 aliphatic heterocycles. The lowest BCUT2D eigenvalue weighted by Gasteiger charge is -2.28. The second-order valence-corrected chi connectivity index (χ2v) is 3.97. The summed E-state index contributed by atoms with van der Waals surface area (Å²) in [6.07, 6.45) is 0.592. The summed E-state index contributed by atoms with van der Waals surface area (Å²) >= 11 is 0. The smallest absolute Gasteiger partial charge is 0.320 e. The van der Waals surface area contributed by atoms with Crippen LogP contribution in [0.5, 0.6) is 0 Å². The van der Waals surface area contributed by atoms with Gasteiger partial charge in [-0.3, -0.25) is 14.9 Å². The first kappa shape index (κ1) is 12.9. The molecule has 0 aromatic heterocycles. The minimum atomic E-state index is -0.912. The van der Waals surface area contributed by atoms with E-state index < -0.39 is 23.5 Å². The fraction of sp³-hybridized carbons (Fsp3) is 0.778. The number of nitrogens with one attached hydrogen (secondary N) is 1. The molecule has 1 atom stereocenters. The van der Waals surface area contributed by atoms with Crippen LogP contribution in [0.15, 0.2) is 0 Å². The number of carbonyl (C=O) groups is 2. The number of primary amides is 1. The molecule has 14 heavy (non-hydrogen) atoms. The normalized spacial score (nSPS) is 13.6. The second kappa shape index (κ2) is 4.95. The van der Waals surface area contributed by atoms with E-state index in [0.717, 1.165) is 0 Å². The van der Waals surface area contributed by atoms with E-state index in [4.69, 9.17) is 10.8 Å². The van der Waals surface area contributed by atoms with Crippen molar-refractivity contribution >= 4 is 11.9 Å². The van der Waals surface area contributed by atoms with Crippen LogP contribution in [0.25, 0.3) is 0 Å². The van der Waals surface area contributed by atoms with Gasteiger partial charge in [-0.15, -0.1) is 0 Å². The zero-order chi connectivity index (χ0) is 11.4. The highest BCUT2D eigenvalue weighted by Crippen LogP contribution is 2.10. The van der Waals surface area contributed by atoms with E-state index in [1.807, 2.05) is 0 Å². The Balaban J connectivity index is 4.31. The maximum absolute atomic E-state index is 10.7. The predicted octanol–water partition coefficient (Wildman–Crippen LogP) is 0.0932. The molecule has 0 bridgehead atoms. The zero-order valence-corrected chi connectivity index (χ0v) is 8.83. The zero-order valence-electron chi connectivity index (χ0n) is 8.83. The van der Waals surface area contributed by atoms with Crippen LogP contribution in [-0.4, -0.2) is 28.6 Å². The van der Waals surface area contributed by atoms with Crippen LogP contribution >= 0.6 is 0 Å². The summed E-state index contributed by atoms with van der Waals surface area (Å²) in [6.45, 7) is 5.28. The summed E-state index contributed by atoms with van der Waals surface area (Å²) in [7, 11) is 0. The van der Waals surface area contributed by atoms with E-state index in [9.17, 15) is 9.59 Å². The lowest BCUT2D eigenvalue weighted by atomic mass is 9.98. The number of nitrogens with two attached hydrogens (primary N) is 1. The molecule has 0 aromatic rings. The van der Waals surface area contributed by atoms with Gasteiger partial charge in [0.05, 0.1) is 0 Å². The number of carbonyl (C=O) groups excluding carboxylic acids is 1. The molecule has 0 fully saturated rings. The highest BCUT2D eigenvalue weighted by atomic mass is 16.4. The Morgan fingerprint density at radius 3 is 2.29 bits per heavy atom. The van der Waals surface area contributed by atoms with Crippen molar-refractivity contribution in [1.29, 1.82) is 0 Å². The molecule has 0 aliphatic rings. The molecule has 5 nitrogen and oxygen atoms in total. The third kappa shape index (κ3) is 4.81. The van der Waals surface area contributed by atoms with Crippen LogP contribution in [0.1, 0.15) is 33.6 Å². The molecule has 82 valence electrons. The molecule has 0 aromatic carbocycles. The summed E-state index contributed by atoms with van der Waals surface area (Å²) in [5.74, 6) is -1.35. The Kier molecular flexibility index (Phi) is 4.56.